The highest BCUT2D eigenvalue weighted by molar-refractivity contribution is 7.47. The van der Waals surface area contributed by atoms with Crippen LogP contribution in [0.2, 0.25) is 0 Å². The van der Waals surface area contributed by atoms with Crippen molar-refractivity contribution in [3.8, 4) is 0 Å². The first-order chi connectivity index (χ1) is 35.8. The minimum absolute atomic E-state index is 0.0438. The Bertz CT molecular complexity index is 1600. The summed E-state index contributed by atoms with van der Waals surface area (Å²) in [6.45, 7) is 3.59. The first kappa shape index (κ1) is 69.4. The number of allylic oxidation sites excluding steroid dienone is 20. The van der Waals surface area contributed by atoms with Crippen LogP contribution in [0.25, 0.3) is 0 Å². The number of rotatable bonds is 53. The molecule has 0 aliphatic rings. The smallest absolute Gasteiger partial charge is 0.462 e. The van der Waals surface area contributed by atoms with Crippen LogP contribution in [0, 0.1) is 0 Å². The van der Waals surface area contributed by atoms with Crippen LogP contribution in [0.15, 0.2) is 122 Å². The first-order valence-electron chi connectivity index (χ1n) is 29.0. The van der Waals surface area contributed by atoms with E-state index in [2.05, 4.69) is 135 Å². The van der Waals surface area contributed by atoms with Gasteiger partial charge in [0.25, 0.3) is 0 Å². The normalized spacial score (nSPS) is 14.0. The van der Waals surface area contributed by atoms with Gasteiger partial charge in [-0.25, -0.2) is 4.57 Å². The van der Waals surface area contributed by atoms with Gasteiger partial charge in [0.1, 0.15) is 6.61 Å². The van der Waals surface area contributed by atoms with E-state index in [0.29, 0.717) is 6.42 Å². The maximum absolute atomic E-state index is 12.7. The van der Waals surface area contributed by atoms with Crippen molar-refractivity contribution in [1.82, 2.24) is 0 Å². The van der Waals surface area contributed by atoms with Crippen molar-refractivity contribution in [3.05, 3.63) is 122 Å². The van der Waals surface area contributed by atoms with Crippen LogP contribution in [-0.2, 0) is 32.7 Å². The van der Waals surface area contributed by atoms with Crippen LogP contribution < -0.4 is 5.73 Å². The van der Waals surface area contributed by atoms with Gasteiger partial charge in [-0.05, 0) is 109 Å². The summed E-state index contributed by atoms with van der Waals surface area (Å²) in [5, 5.41) is 0. The van der Waals surface area contributed by atoms with Crippen molar-refractivity contribution in [1.29, 1.82) is 0 Å². The van der Waals surface area contributed by atoms with E-state index >= 15 is 0 Å². The van der Waals surface area contributed by atoms with Crippen molar-refractivity contribution >= 4 is 19.8 Å². The third-order valence-electron chi connectivity index (χ3n) is 11.8. The zero-order valence-electron chi connectivity index (χ0n) is 46.3. The molecular formula is C63H106NO8P. The Hall–Kier alpha value is -3.59. The van der Waals surface area contributed by atoms with E-state index in [9.17, 15) is 19.0 Å². The molecule has 0 amide bonds. The predicted molar refractivity (Wildman–Crippen MR) is 311 cm³/mol. The SMILES string of the molecule is CC/C=C\C/C=C\C/C=C\C/C=C\C/C=C\C/C=C\C/C=C\C/C=C\CCCCCCCCC(=O)OC(COC(=O)CCCCCCCCCCC/C=C\C/C=C\CCCCCCC)COP(=O)(O)OCCN. The monoisotopic (exact) mass is 1040 g/mol. The van der Waals surface area contributed by atoms with Crippen molar-refractivity contribution in [2.45, 2.75) is 238 Å². The van der Waals surface area contributed by atoms with Crippen LogP contribution >= 0.6 is 7.82 Å². The molecule has 0 heterocycles. The van der Waals surface area contributed by atoms with E-state index in [1.807, 2.05) is 0 Å². The highest BCUT2D eigenvalue weighted by Crippen LogP contribution is 2.43. The molecule has 3 N–H and O–H groups in total. The first-order valence-corrected chi connectivity index (χ1v) is 30.5. The number of nitrogens with two attached hydrogens (primary N) is 1. The fraction of sp³-hybridized carbons (Fsp3) is 0.651. The van der Waals surface area contributed by atoms with E-state index in [1.165, 1.54) is 70.6 Å². The number of hydrogen-bond donors (Lipinski definition) is 2. The Morgan fingerprint density at radius 2 is 0.753 bits per heavy atom. The Labute approximate surface area is 447 Å². The van der Waals surface area contributed by atoms with E-state index in [0.717, 1.165) is 128 Å². The maximum Gasteiger partial charge on any atom is 0.472 e. The number of carbonyl (C=O) groups excluding carboxylic acids is 2. The average Bonchev–Trinajstić information content (AvgIpc) is 3.38. The molecule has 2 atom stereocenters. The lowest BCUT2D eigenvalue weighted by Gasteiger charge is -2.19. The van der Waals surface area contributed by atoms with Crippen LogP contribution in [-0.4, -0.2) is 49.3 Å². The van der Waals surface area contributed by atoms with Gasteiger partial charge in [0.2, 0.25) is 0 Å². The summed E-state index contributed by atoms with van der Waals surface area (Å²) in [7, 11) is -4.40. The van der Waals surface area contributed by atoms with E-state index in [4.69, 9.17) is 24.3 Å². The number of carbonyl (C=O) groups is 2. The second-order valence-corrected chi connectivity index (χ2v) is 20.2. The molecule has 0 aromatic carbocycles. The minimum Gasteiger partial charge on any atom is -0.462 e. The molecule has 0 radical (unpaired) electrons. The maximum atomic E-state index is 12.7. The zero-order chi connectivity index (χ0) is 53.1. The molecule has 0 bridgehead atoms. The van der Waals surface area contributed by atoms with Crippen LogP contribution in [0.3, 0.4) is 0 Å². The molecule has 10 heteroatoms. The third-order valence-corrected chi connectivity index (χ3v) is 12.8. The van der Waals surface area contributed by atoms with Gasteiger partial charge >= 0.3 is 19.8 Å². The van der Waals surface area contributed by atoms with Gasteiger partial charge < -0.3 is 20.1 Å². The number of unbranched alkanes of at least 4 members (excludes halogenated alkanes) is 20. The molecular weight excluding hydrogens is 930 g/mol. The zero-order valence-corrected chi connectivity index (χ0v) is 47.2. The molecule has 0 rings (SSSR count). The van der Waals surface area contributed by atoms with Gasteiger partial charge in [0, 0.05) is 19.4 Å². The number of ether oxygens (including phenoxy) is 2. The summed E-state index contributed by atoms with van der Waals surface area (Å²) >= 11 is 0. The summed E-state index contributed by atoms with van der Waals surface area (Å²) in [6.07, 6.45) is 79.6. The lowest BCUT2D eigenvalue weighted by Crippen LogP contribution is -2.29. The molecule has 0 fully saturated rings. The third kappa shape index (κ3) is 57.5. The molecule has 2 unspecified atom stereocenters. The highest BCUT2D eigenvalue weighted by atomic mass is 31.2. The van der Waals surface area contributed by atoms with Gasteiger partial charge in [0.15, 0.2) is 6.10 Å². The van der Waals surface area contributed by atoms with E-state index in [1.54, 1.807) is 0 Å². The summed E-state index contributed by atoms with van der Waals surface area (Å²) < 4.78 is 33.0. The number of hydrogen-bond acceptors (Lipinski definition) is 8. The van der Waals surface area contributed by atoms with Crippen molar-refractivity contribution in [2.75, 3.05) is 26.4 Å². The van der Waals surface area contributed by atoms with Crippen LogP contribution in [0.5, 0.6) is 0 Å². The number of esters is 2. The van der Waals surface area contributed by atoms with Gasteiger partial charge in [0.05, 0.1) is 13.2 Å². The largest absolute Gasteiger partial charge is 0.472 e. The van der Waals surface area contributed by atoms with E-state index < -0.39 is 32.5 Å². The fourth-order valence-electron chi connectivity index (χ4n) is 7.56. The second kappa shape index (κ2) is 57.7. The molecule has 0 aliphatic heterocycles. The summed E-state index contributed by atoms with van der Waals surface area (Å²) in [4.78, 5) is 35.2. The van der Waals surface area contributed by atoms with Crippen molar-refractivity contribution in [3.63, 3.8) is 0 Å². The Balaban J connectivity index is 4.08. The lowest BCUT2D eigenvalue weighted by atomic mass is 10.1. The molecule has 0 aromatic heterocycles. The number of phosphoric ester groups is 1. The Morgan fingerprint density at radius 1 is 0.425 bits per heavy atom. The number of phosphoric acid groups is 1. The van der Waals surface area contributed by atoms with Crippen LogP contribution in [0.1, 0.15) is 232 Å². The molecule has 0 spiro atoms. The van der Waals surface area contributed by atoms with Gasteiger partial charge in [-0.1, -0.05) is 232 Å². The van der Waals surface area contributed by atoms with Crippen molar-refractivity contribution < 1.29 is 37.6 Å². The molecule has 73 heavy (non-hydrogen) atoms. The molecule has 9 nitrogen and oxygen atoms in total. The fourth-order valence-corrected chi connectivity index (χ4v) is 8.33. The van der Waals surface area contributed by atoms with E-state index in [-0.39, 0.29) is 32.6 Å². The molecule has 0 aliphatic carbocycles. The summed E-state index contributed by atoms with van der Waals surface area (Å²) in [6, 6.07) is 0. The predicted octanol–water partition coefficient (Wildman–Crippen LogP) is 18.4. The quantitative estimate of drug-likeness (QED) is 0.0264. The molecule has 0 saturated carbocycles. The molecule has 0 aromatic rings. The molecule has 416 valence electrons. The lowest BCUT2D eigenvalue weighted by molar-refractivity contribution is -0.161. The van der Waals surface area contributed by atoms with Crippen molar-refractivity contribution in [2.24, 2.45) is 5.73 Å². The summed E-state index contributed by atoms with van der Waals surface area (Å²) in [5.74, 6) is -0.855. The average molecular weight is 1040 g/mol. The van der Waals surface area contributed by atoms with Gasteiger partial charge in [-0.15, -0.1) is 0 Å². The van der Waals surface area contributed by atoms with Gasteiger partial charge in [-0.3, -0.25) is 18.6 Å². The topological polar surface area (TPSA) is 134 Å². The minimum atomic E-state index is -4.40. The standard InChI is InChI=1S/C63H106NO8P/c1-3-5-7-9-11-13-15-17-19-21-23-25-26-27-28-29-30-31-32-33-34-36-38-40-42-44-46-48-50-52-54-56-63(66)72-61(60-71-73(67,68)70-58-57-64)59-69-62(65)55-53-51-49-47-45-43-41-39-37-35-24-22-20-18-16-14-12-10-8-6-4-2/h5,7,11,13,16-19,22-25,27-28,30-31,33-34,38,40,61H,3-4,6,8-10,12,14-15,20-21,26,29,32,35-37,39,41-60,64H2,1-2H3,(H,67,68)/b7-5-,13-11-,18-16-,19-17-,24-22-,25-23-,28-27-,31-30-,34-33-,40-38-. The van der Waals surface area contributed by atoms with Crippen LogP contribution in [0.4, 0.5) is 0 Å². The second-order valence-electron chi connectivity index (χ2n) is 18.8. The highest BCUT2D eigenvalue weighted by Gasteiger charge is 2.26. The summed E-state index contributed by atoms with van der Waals surface area (Å²) in [5.41, 5.74) is 5.38. The molecule has 0 saturated heterocycles. The Morgan fingerprint density at radius 3 is 1.12 bits per heavy atom. The van der Waals surface area contributed by atoms with Gasteiger partial charge in [-0.2, -0.15) is 0 Å². The Kier molecular flexibility index (Phi) is 54.8.